The quantitative estimate of drug-likeness (QED) is 0.829. The fourth-order valence-corrected chi connectivity index (χ4v) is 3.60. The first kappa shape index (κ1) is 15.2. The fourth-order valence-electron chi connectivity index (χ4n) is 3.12. The molecule has 1 aromatic rings. The molecule has 1 atom stereocenters. The lowest BCUT2D eigenvalue weighted by atomic mass is 9.78. The highest BCUT2D eigenvalue weighted by atomic mass is 35.5. The average molecular weight is 300 g/mol. The van der Waals surface area contributed by atoms with Gasteiger partial charge in [-0.1, -0.05) is 49.0 Å². The maximum atomic E-state index is 6.28. The SMILES string of the molecule is CNC(Cc1ccc(Cl)cc1Cl)C1CCC(C)CC1. The van der Waals surface area contributed by atoms with Crippen molar-refractivity contribution in [2.45, 2.75) is 45.1 Å². The van der Waals surface area contributed by atoms with Crippen LogP contribution in [0.1, 0.15) is 38.2 Å². The van der Waals surface area contributed by atoms with E-state index in [1.807, 2.05) is 12.1 Å². The Morgan fingerprint density at radius 1 is 1.21 bits per heavy atom. The van der Waals surface area contributed by atoms with E-state index in [9.17, 15) is 0 Å². The summed E-state index contributed by atoms with van der Waals surface area (Å²) in [5.41, 5.74) is 1.20. The van der Waals surface area contributed by atoms with Gasteiger partial charge in [-0.15, -0.1) is 0 Å². The summed E-state index contributed by atoms with van der Waals surface area (Å²) < 4.78 is 0. The van der Waals surface area contributed by atoms with Crippen LogP contribution in [-0.2, 0) is 6.42 Å². The van der Waals surface area contributed by atoms with Crippen molar-refractivity contribution in [3.63, 3.8) is 0 Å². The molecule has 1 aliphatic carbocycles. The largest absolute Gasteiger partial charge is 0.316 e. The van der Waals surface area contributed by atoms with Crippen molar-refractivity contribution in [3.05, 3.63) is 33.8 Å². The Morgan fingerprint density at radius 3 is 2.47 bits per heavy atom. The lowest BCUT2D eigenvalue weighted by Gasteiger charge is -2.33. The van der Waals surface area contributed by atoms with Crippen molar-refractivity contribution < 1.29 is 0 Å². The second kappa shape index (κ2) is 6.97. The Morgan fingerprint density at radius 2 is 1.89 bits per heavy atom. The first-order chi connectivity index (χ1) is 9.10. The van der Waals surface area contributed by atoms with Crippen molar-refractivity contribution in [3.8, 4) is 0 Å². The highest BCUT2D eigenvalue weighted by Crippen LogP contribution is 2.32. The van der Waals surface area contributed by atoms with Crippen LogP contribution in [0.2, 0.25) is 10.0 Å². The van der Waals surface area contributed by atoms with Crippen LogP contribution >= 0.6 is 23.2 Å². The van der Waals surface area contributed by atoms with Gasteiger partial charge in [-0.2, -0.15) is 0 Å². The van der Waals surface area contributed by atoms with Crippen LogP contribution < -0.4 is 5.32 Å². The van der Waals surface area contributed by atoms with Gasteiger partial charge in [-0.05, 0) is 55.8 Å². The van der Waals surface area contributed by atoms with E-state index in [0.29, 0.717) is 11.1 Å². The zero-order chi connectivity index (χ0) is 13.8. The second-order valence-electron chi connectivity index (χ2n) is 5.85. The fraction of sp³-hybridized carbons (Fsp3) is 0.625. The van der Waals surface area contributed by atoms with Crippen LogP contribution in [0, 0.1) is 11.8 Å². The van der Waals surface area contributed by atoms with E-state index in [-0.39, 0.29) is 0 Å². The molecular formula is C16H23Cl2N. The molecule has 0 saturated heterocycles. The zero-order valence-electron chi connectivity index (χ0n) is 11.8. The number of rotatable bonds is 4. The third-order valence-corrected chi connectivity index (χ3v) is 5.04. The van der Waals surface area contributed by atoms with Crippen LogP contribution in [0.4, 0.5) is 0 Å². The topological polar surface area (TPSA) is 12.0 Å². The van der Waals surface area contributed by atoms with Crippen LogP contribution in [0.5, 0.6) is 0 Å². The predicted molar refractivity (Wildman–Crippen MR) is 84.1 cm³/mol. The van der Waals surface area contributed by atoms with Crippen molar-refractivity contribution in [1.82, 2.24) is 5.32 Å². The lowest BCUT2D eigenvalue weighted by Crippen LogP contribution is -2.37. The molecule has 1 saturated carbocycles. The number of likely N-dealkylation sites (N-methyl/N-ethyl adjacent to an activating group) is 1. The first-order valence-electron chi connectivity index (χ1n) is 7.21. The minimum atomic E-state index is 0.520. The van der Waals surface area contributed by atoms with E-state index < -0.39 is 0 Å². The zero-order valence-corrected chi connectivity index (χ0v) is 13.3. The Hall–Kier alpha value is -0.240. The molecule has 0 radical (unpaired) electrons. The Balaban J connectivity index is 2.02. The van der Waals surface area contributed by atoms with Crippen LogP contribution in [0.25, 0.3) is 0 Å². The van der Waals surface area contributed by atoms with Gasteiger partial charge < -0.3 is 5.32 Å². The third kappa shape index (κ3) is 4.11. The number of hydrogen-bond acceptors (Lipinski definition) is 1. The molecule has 1 aromatic carbocycles. The van der Waals surface area contributed by atoms with Gasteiger partial charge in [0.25, 0.3) is 0 Å². The molecule has 1 aliphatic rings. The minimum Gasteiger partial charge on any atom is -0.316 e. The van der Waals surface area contributed by atoms with E-state index in [4.69, 9.17) is 23.2 Å². The molecule has 1 N–H and O–H groups in total. The molecule has 0 amide bonds. The van der Waals surface area contributed by atoms with Gasteiger partial charge in [0, 0.05) is 16.1 Å². The third-order valence-electron chi connectivity index (χ3n) is 4.46. The van der Waals surface area contributed by atoms with Crippen LogP contribution in [0.15, 0.2) is 18.2 Å². The molecular weight excluding hydrogens is 277 g/mol. The summed E-state index contributed by atoms with van der Waals surface area (Å²) in [6, 6.07) is 6.35. The maximum Gasteiger partial charge on any atom is 0.0453 e. The van der Waals surface area contributed by atoms with E-state index in [1.54, 1.807) is 0 Å². The lowest BCUT2D eigenvalue weighted by molar-refractivity contribution is 0.235. The van der Waals surface area contributed by atoms with Gasteiger partial charge in [-0.3, -0.25) is 0 Å². The Bertz CT molecular complexity index is 411. The van der Waals surface area contributed by atoms with Gasteiger partial charge in [0.05, 0.1) is 0 Å². The number of benzene rings is 1. The summed E-state index contributed by atoms with van der Waals surface area (Å²) in [6.07, 6.45) is 6.37. The predicted octanol–water partition coefficient (Wildman–Crippen LogP) is 4.95. The monoisotopic (exact) mass is 299 g/mol. The Labute approximate surface area is 126 Å². The van der Waals surface area contributed by atoms with E-state index in [2.05, 4.69) is 25.4 Å². The molecule has 0 heterocycles. The van der Waals surface area contributed by atoms with Crippen molar-refractivity contribution >= 4 is 23.2 Å². The first-order valence-corrected chi connectivity index (χ1v) is 7.97. The average Bonchev–Trinajstić information content (AvgIpc) is 2.39. The minimum absolute atomic E-state index is 0.520. The van der Waals surface area contributed by atoms with Gasteiger partial charge in [0.2, 0.25) is 0 Å². The van der Waals surface area contributed by atoms with Crippen molar-refractivity contribution in [1.29, 1.82) is 0 Å². The summed E-state index contributed by atoms with van der Waals surface area (Å²) in [5, 5.41) is 4.98. The standard InChI is InChI=1S/C16H23Cl2N/c1-11-3-5-12(6-4-11)16(19-2)9-13-7-8-14(17)10-15(13)18/h7-8,10-12,16,19H,3-6,9H2,1-2H3. The molecule has 0 spiro atoms. The van der Waals surface area contributed by atoms with Gasteiger partial charge >= 0.3 is 0 Å². The van der Waals surface area contributed by atoms with E-state index in [0.717, 1.165) is 23.3 Å². The summed E-state index contributed by atoms with van der Waals surface area (Å²) in [4.78, 5) is 0. The summed E-state index contributed by atoms with van der Waals surface area (Å²) in [5.74, 6) is 1.67. The van der Waals surface area contributed by atoms with Gasteiger partial charge in [0.15, 0.2) is 0 Å². The van der Waals surface area contributed by atoms with E-state index >= 15 is 0 Å². The Kier molecular flexibility index (Phi) is 5.56. The second-order valence-corrected chi connectivity index (χ2v) is 6.70. The van der Waals surface area contributed by atoms with Crippen LogP contribution in [-0.4, -0.2) is 13.1 Å². The highest BCUT2D eigenvalue weighted by Gasteiger charge is 2.25. The molecule has 1 fully saturated rings. The molecule has 1 unspecified atom stereocenters. The molecule has 0 aromatic heterocycles. The number of nitrogens with one attached hydrogen (secondary N) is 1. The summed E-state index contributed by atoms with van der Waals surface area (Å²) >= 11 is 12.2. The molecule has 19 heavy (non-hydrogen) atoms. The number of halogens is 2. The summed E-state index contributed by atoms with van der Waals surface area (Å²) in [7, 11) is 2.06. The number of hydrogen-bond donors (Lipinski definition) is 1. The smallest absolute Gasteiger partial charge is 0.0453 e. The van der Waals surface area contributed by atoms with Gasteiger partial charge in [-0.25, -0.2) is 0 Å². The maximum absolute atomic E-state index is 6.28. The molecule has 1 nitrogen and oxygen atoms in total. The van der Waals surface area contributed by atoms with Crippen molar-refractivity contribution in [2.75, 3.05) is 7.05 Å². The molecule has 106 valence electrons. The van der Waals surface area contributed by atoms with Crippen molar-refractivity contribution in [2.24, 2.45) is 11.8 Å². The van der Waals surface area contributed by atoms with Crippen LogP contribution in [0.3, 0.4) is 0 Å². The molecule has 2 rings (SSSR count). The molecule has 0 bridgehead atoms. The molecule has 3 heteroatoms. The molecule has 0 aliphatic heterocycles. The van der Waals surface area contributed by atoms with Gasteiger partial charge in [0.1, 0.15) is 0 Å². The summed E-state index contributed by atoms with van der Waals surface area (Å²) in [6.45, 7) is 2.36. The van der Waals surface area contributed by atoms with E-state index in [1.165, 1.54) is 31.2 Å². The highest BCUT2D eigenvalue weighted by molar-refractivity contribution is 6.35. The normalized spacial score (nSPS) is 25.3.